The van der Waals surface area contributed by atoms with Gasteiger partial charge in [-0.15, -0.1) is 0 Å². The molecule has 0 aromatic carbocycles. The maximum atomic E-state index is 6.52. The van der Waals surface area contributed by atoms with Crippen LogP contribution in [0.2, 0.25) is 18.1 Å². The summed E-state index contributed by atoms with van der Waals surface area (Å²) in [4.78, 5) is 0. The van der Waals surface area contributed by atoms with Gasteiger partial charge in [0, 0.05) is 12.8 Å². The van der Waals surface area contributed by atoms with Crippen molar-refractivity contribution in [2.75, 3.05) is 0 Å². The molecule has 0 aliphatic carbocycles. The SMILES string of the molecule is C=C(I)C[C@H]1O[C@H](C)C[C@@H]1O[Si](C)(C)C(C)(C)C. The summed E-state index contributed by atoms with van der Waals surface area (Å²) in [7, 11) is -1.70. The first kappa shape index (κ1) is 16.7. The highest BCUT2D eigenvalue weighted by atomic mass is 127. The Morgan fingerprint density at radius 1 is 1.44 bits per heavy atom. The van der Waals surface area contributed by atoms with Crippen molar-refractivity contribution in [3.63, 3.8) is 0 Å². The normalized spacial score (nSPS) is 29.6. The summed E-state index contributed by atoms with van der Waals surface area (Å²) in [5, 5.41) is 0.255. The van der Waals surface area contributed by atoms with Crippen molar-refractivity contribution in [2.24, 2.45) is 0 Å². The van der Waals surface area contributed by atoms with Crippen LogP contribution in [0.1, 0.15) is 40.5 Å². The standard InChI is InChI=1S/C14H27IO2Si/c1-10(15)8-12-13(9-11(2)16-12)17-18(6,7)14(3,4)5/h11-13H,1,8-9H2,2-7H3/t11-,12-,13+/m1/s1. The highest BCUT2D eigenvalue weighted by Crippen LogP contribution is 2.40. The molecule has 1 rings (SSSR count). The second kappa shape index (κ2) is 5.93. The van der Waals surface area contributed by atoms with E-state index in [0.29, 0.717) is 6.10 Å². The van der Waals surface area contributed by atoms with E-state index < -0.39 is 8.32 Å². The second-order valence-electron chi connectivity index (χ2n) is 6.86. The maximum absolute atomic E-state index is 6.52. The third-order valence-corrected chi connectivity index (χ3v) is 9.01. The minimum atomic E-state index is -1.70. The van der Waals surface area contributed by atoms with E-state index in [2.05, 4.69) is 70.0 Å². The van der Waals surface area contributed by atoms with E-state index in [4.69, 9.17) is 9.16 Å². The molecule has 0 unspecified atom stereocenters. The Morgan fingerprint density at radius 2 is 2.00 bits per heavy atom. The highest BCUT2D eigenvalue weighted by Gasteiger charge is 2.43. The third-order valence-electron chi connectivity index (χ3n) is 4.06. The second-order valence-corrected chi connectivity index (χ2v) is 13.1. The van der Waals surface area contributed by atoms with Crippen LogP contribution in [-0.2, 0) is 9.16 Å². The van der Waals surface area contributed by atoms with Crippen molar-refractivity contribution in [3.05, 3.63) is 10.2 Å². The Hall–Kier alpha value is 0.607. The molecular formula is C14H27IO2Si. The minimum absolute atomic E-state index is 0.193. The summed E-state index contributed by atoms with van der Waals surface area (Å²) in [5.41, 5.74) is 0. The lowest BCUT2D eigenvalue weighted by atomic mass is 10.1. The first-order valence-corrected chi connectivity index (χ1v) is 10.7. The summed E-state index contributed by atoms with van der Waals surface area (Å²) in [5.74, 6) is 0. The topological polar surface area (TPSA) is 18.5 Å². The van der Waals surface area contributed by atoms with Gasteiger partial charge in [0.2, 0.25) is 0 Å². The van der Waals surface area contributed by atoms with Gasteiger partial charge in [-0.2, -0.15) is 0 Å². The molecule has 1 aliphatic heterocycles. The van der Waals surface area contributed by atoms with Crippen LogP contribution >= 0.6 is 22.6 Å². The van der Waals surface area contributed by atoms with Crippen molar-refractivity contribution >= 4 is 30.9 Å². The van der Waals surface area contributed by atoms with Crippen LogP contribution in [0.25, 0.3) is 0 Å². The number of hydrogen-bond donors (Lipinski definition) is 0. The molecule has 0 aromatic heterocycles. The first-order chi connectivity index (χ1) is 8.03. The zero-order chi connectivity index (χ0) is 14.1. The molecule has 106 valence electrons. The van der Waals surface area contributed by atoms with Gasteiger partial charge < -0.3 is 9.16 Å². The van der Waals surface area contributed by atoms with Crippen LogP contribution in [0.5, 0.6) is 0 Å². The molecule has 0 spiro atoms. The van der Waals surface area contributed by atoms with Crippen molar-refractivity contribution in [1.82, 2.24) is 0 Å². The summed E-state index contributed by atoms with van der Waals surface area (Å²) in [6, 6.07) is 0. The predicted octanol–water partition coefficient (Wildman–Crippen LogP) is 4.89. The number of ether oxygens (including phenoxy) is 1. The molecule has 0 radical (unpaired) electrons. The fourth-order valence-corrected chi connectivity index (χ4v) is 3.79. The highest BCUT2D eigenvalue weighted by molar-refractivity contribution is 14.1. The average molecular weight is 382 g/mol. The van der Waals surface area contributed by atoms with Crippen LogP contribution < -0.4 is 0 Å². The van der Waals surface area contributed by atoms with Gasteiger partial charge in [-0.05, 0) is 51.2 Å². The zero-order valence-electron chi connectivity index (χ0n) is 12.5. The van der Waals surface area contributed by atoms with Gasteiger partial charge >= 0.3 is 0 Å². The van der Waals surface area contributed by atoms with Crippen LogP contribution in [-0.4, -0.2) is 26.6 Å². The molecule has 0 N–H and O–H groups in total. The monoisotopic (exact) mass is 382 g/mol. The molecule has 1 aliphatic rings. The molecule has 2 nitrogen and oxygen atoms in total. The van der Waals surface area contributed by atoms with Crippen molar-refractivity contribution in [2.45, 2.75) is 77.0 Å². The largest absolute Gasteiger partial charge is 0.411 e. The quantitative estimate of drug-likeness (QED) is 0.509. The average Bonchev–Trinajstić information content (AvgIpc) is 2.42. The van der Waals surface area contributed by atoms with Gasteiger partial charge in [-0.1, -0.05) is 27.4 Å². The molecule has 4 heteroatoms. The van der Waals surface area contributed by atoms with Crippen LogP contribution in [0.4, 0.5) is 0 Å². The number of rotatable bonds is 4. The molecule has 1 fully saturated rings. The smallest absolute Gasteiger partial charge is 0.192 e. The van der Waals surface area contributed by atoms with Crippen LogP contribution in [0.3, 0.4) is 0 Å². The maximum Gasteiger partial charge on any atom is 0.192 e. The third kappa shape index (κ3) is 4.32. The van der Waals surface area contributed by atoms with E-state index >= 15 is 0 Å². The summed E-state index contributed by atoms with van der Waals surface area (Å²) >= 11 is 2.28. The van der Waals surface area contributed by atoms with Gasteiger partial charge in [0.15, 0.2) is 8.32 Å². The molecule has 1 heterocycles. The van der Waals surface area contributed by atoms with E-state index in [1.807, 2.05) is 0 Å². The van der Waals surface area contributed by atoms with E-state index in [1.165, 1.54) is 0 Å². The van der Waals surface area contributed by atoms with Crippen molar-refractivity contribution < 1.29 is 9.16 Å². The first-order valence-electron chi connectivity index (χ1n) is 6.69. The van der Waals surface area contributed by atoms with Gasteiger partial charge in [-0.25, -0.2) is 0 Å². The van der Waals surface area contributed by atoms with Crippen molar-refractivity contribution in [1.29, 1.82) is 0 Å². The lowest BCUT2D eigenvalue weighted by Crippen LogP contribution is -2.45. The Morgan fingerprint density at radius 3 is 2.44 bits per heavy atom. The van der Waals surface area contributed by atoms with Crippen LogP contribution in [0, 0.1) is 0 Å². The van der Waals surface area contributed by atoms with Gasteiger partial charge in [0.1, 0.15) is 0 Å². The molecule has 1 saturated heterocycles. The molecule has 3 atom stereocenters. The lowest BCUT2D eigenvalue weighted by Gasteiger charge is -2.39. The summed E-state index contributed by atoms with van der Waals surface area (Å²) in [6.45, 7) is 17.6. The van der Waals surface area contributed by atoms with Crippen molar-refractivity contribution in [3.8, 4) is 0 Å². The Kier molecular flexibility index (Phi) is 5.49. The number of hydrogen-bond acceptors (Lipinski definition) is 2. The Balaban J connectivity index is 2.72. The Bertz CT molecular complexity index is 309. The van der Waals surface area contributed by atoms with E-state index in [0.717, 1.165) is 16.4 Å². The number of halogens is 1. The predicted molar refractivity (Wildman–Crippen MR) is 88.8 cm³/mol. The molecule has 18 heavy (non-hydrogen) atoms. The lowest BCUT2D eigenvalue weighted by molar-refractivity contribution is 0.0220. The van der Waals surface area contributed by atoms with E-state index in [-0.39, 0.29) is 17.2 Å². The van der Waals surface area contributed by atoms with E-state index in [1.54, 1.807) is 0 Å². The summed E-state index contributed by atoms with van der Waals surface area (Å²) < 4.78 is 13.6. The van der Waals surface area contributed by atoms with Gasteiger partial charge in [-0.3, -0.25) is 0 Å². The minimum Gasteiger partial charge on any atom is -0.411 e. The van der Waals surface area contributed by atoms with Gasteiger partial charge in [0.25, 0.3) is 0 Å². The zero-order valence-corrected chi connectivity index (χ0v) is 15.7. The fraction of sp³-hybridized carbons (Fsp3) is 0.857. The molecule has 0 amide bonds. The van der Waals surface area contributed by atoms with Gasteiger partial charge in [0.05, 0.1) is 18.3 Å². The van der Waals surface area contributed by atoms with Crippen LogP contribution in [0.15, 0.2) is 10.2 Å². The molecule has 0 saturated carbocycles. The molecule has 0 aromatic rings. The Labute approximate surface area is 127 Å². The fourth-order valence-electron chi connectivity index (χ4n) is 2.00. The molecular weight excluding hydrogens is 355 g/mol. The molecule has 0 bridgehead atoms. The summed E-state index contributed by atoms with van der Waals surface area (Å²) in [6.07, 6.45) is 2.66. The van der Waals surface area contributed by atoms with E-state index in [9.17, 15) is 0 Å².